The summed E-state index contributed by atoms with van der Waals surface area (Å²) in [5.74, 6) is -1.79. The van der Waals surface area contributed by atoms with Gasteiger partial charge in [-0.05, 0) is 16.7 Å². The molecule has 3 aromatic carbocycles. The lowest BCUT2D eigenvalue weighted by atomic mass is 9.67. The summed E-state index contributed by atoms with van der Waals surface area (Å²) in [4.78, 5) is 26.7. The first kappa shape index (κ1) is 32.5. The summed E-state index contributed by atoms with van der Waals surface area (Å²) in [6, 6.07) is 30.5. The van der Waals surface area contributed by atoms with Crippen molar-refractivity contribution < 1.29 is 33.5 Å². The number of ether oxygens (including phenoxy) is 6. The number of H-pyrrole nitrogens is 1. The molecule has 45 heavy (non-hydrogen) atoms. The highest BCUT2D eigenvalue weighted by atomic mass is 16.9. The zero-order valence-corrected chi connectivity index (χ0v) is 25.4. The topological polar surface area (TPSA) is 130 Å². The number of aliphatic hydroxyl groups is 1. The Hall–Kier alpha value is -3.94. The van der Waals surface area contributed by atoms with Crippen molar-refractivity contribution in [2.75, 3.05) is 41.2 Å². The summed E-state index contributed by atoms with van der Waals surface area (Å²) in [6.07, 6.45) is -2.99. The minimum absolute atomic E-state index is 0.128. The van der Waals surface area contributed by atoms with E-state index in [0.717, 1.165) is 16.7 Å². The minimum Gasteiger partial charge on any atom is -0.387 e. The molecule has 1 aromatic heterocycles. The zero-order valence-electron chi connectivity index (χ0n) is 25.4. The van der Waals surface area contributed by atoms with Crippen LogP contribution in [0, 0.1) is 0 Å². The Morgan fingerprint density at radius 2 is 1.33 bits per heavy atom. The second kappa shape index (κ2) is 14.4. The monoisotopic (exact) mass is 618 g/mol. The fraction of sp³-hybridized carbons (Fsp3) is 0.353. The summed E-state index contributed by atoms with van der Waals surface area (Å²) < 4.78 is 37.6. The van der Waals surface area contributed by atoms with Gasteiger partial charge >= 0.3 is 11.7 Å². The first-order chi connectivity index (χ1) is 21.9. The van der Waals surface area contributed by atoms with Crippen LogP contribution in [0.4, 0.5) is 0 Å². The first-order valence-corrected chi connectivity index (χ1v) is 14.6. The van der Waals surface area contributed by atoms with Gasteiger partial charge in [0.05, 0.1) is 19.8 Å². The van der Waals surface area contributed by atoms with Gasteiger partial charge in [-0.25, -0.2) is 4.79 Å². The van der Waals surface area contributed by atoms with Crippen molar-refractivity contribution in [2.24, 2.45) is 0 Å². The van der Waals surface area contributed by atoms with Crippen LogP contribution in [0.5, 0.6) is 0 Å². The summed E-state index contributed by atoms with van der Waals surface area (Å²) in [5, 5.41) is 11.5. The Kier molecular flexibility index (Phi) is 10.4. The molecule has 2 N–H and O–H groups in total. The van der Waals surface area contributed by atoms with E-state index >= 15 is 0 Å². The van der Waals surface area contributed by atoms with Crippen molar-refractivity contribution >= 4 is 0 Å². The molecule has 1 saturated heterocycles. The lowest BCUT2D eigenvalue weighted by Gasteiger charge is -2.48. The second-order valence-corrected chi connectivity index (χ2v) is 10.5. The van der Waals surface area contributed by atoms with Gasteiger partial charge in [-0.15, -0.1) is 0 Å². The molecule has 5 rings (SSSR count). The number of aliphatic hydroxyl groups excluding tert-OH is 1. The fourth-order valence-electron chi connectivity index (χ4n) is 6.06. The SMILES string of the molecule is COCCO[C@@H]1[C@H](O)[C@@H](COC(OC)(OC)C(c2ccccc2)(c2ccccc2)c2ccccc2)O[C@H]1n1ccc(=O)[nH]c1=O. The molecule has 4 aromatic rings. The number of hydrogen-bond donors (Lipinski definition) is 2. The van der Waals surface area contributed by atoms with Crippen LogP contribution in [0.3, 0.4) is 0 Å². The van der Waals surface area contributed by atoms with E-state index in [1.54, 1.807) is 0 Å². The molecule has 0 unspecified atom stereocenters. The predicted octanol–water partition coefficient (Wildman–Crippen LogP) is 2.82. The predicted molar refractivity (Wildman–Crippen MR) is 165 cm³/mol. The van der Waals surface area contributed by atoms with Gasteiger partial charge in [0.2, 0.25) is 0 Å². The first-order valence-electron chi connectivity index (χ1n) is 14.6. The van der Waals surface area contributed by atoms with Crippen molar-refractivity contribution in [3.8, 4) is 0 Å². The Bertz CT molecular complexity index is 1510. The average molecular weight is 619 g/mol. The van der Waals surface area contributed by atoms with Gasteiger partial charge in [-0.2, -0.15) is 0 Å². The van der Waals surface area contributed by atoms with Crippen LogP contribution in [-0.2, 0) is 33.8 Å². The molecule has 4 atom stereocenters. The standard InChI is InChI=1S/C34H38N2O9/c1-40-21-22-43-30-29(38)27(45-31(30)36-20-19-28(37)35-32(36)39)23-44-34(41-2,42-3)33(24-13-7-4-8-14-24,25-15-9-5-10-16-25)26-17-11-6-12-18-26/h4-20,27,29-31,38H,21-23H2,1-3H3,(H,35,37,39)/t27-,29-,30-,31-/m1/s1. The number of nitrogens with one attached hydrogen (secondary N) is 1. The smallest absolute Gasteiger partial charge is 0.330 e. The van der Waals surface area contributed by atoms with Crippen LogP contribution in [-0.4, -0.2) is 80.1 Å². The minimum atomic E-state index is -1.79. The van der Waals surface area contributed by atoms with Gasteiger partial charge in [0.25, 0.3) is 5.56 Å². The largest absolute Gasteiger partial charge is 0.387 e. The number of benzene rings is 3. The lowest BCUT2D eigenvalue weighted by Crippen LogP contribution is -2.58. The molecule has 0 amide bonds. The van der Waals surface area contributed by atoms with Crippen LogP contribution in [0.2, 0.25) is 0 Å². The fourth-order valence-corrected chi connectivity index (χ4v) is 6.06. The molecule has 11 heteroatoms. The van der Waals surface area contributed by atoms with E-state index in [-0.39, 0.29) is 19.8 Å². The summed E-state index contributed by atoms with van der Waals surface area (Å²) in [6.45, 7) is 0.153. The molecule has 0 spiro atoms. The maximum atomic E-state index is 12.7. The van der Waals surface area contributed by atoms with Crippen LogP contribution in [0.25, 0.3) is 0 Å². The van der Waals surface area contributed by atoms with Crippen molar-refractivity contribution in [3.63, 3.8) is 0 Å². The van der Waals surface area contributed by atoms with Gasteiger partial charge in [0.15, 0.2) is 6.23 Å². The van der Waals surface area contributed by atoms with E-state index in [0.29, 0.717) is 0 Å². The van der Waals surface area contributed by atoms with E-state index in [2.05, 4.69) is 4.98 Å². The molecule has 1 aliphatic rings. The number of nitrogens with zero attached hydrogens (tertiary/aromatic N) is 1. The highest BCUT2D eigenvalue weighted by Crippen LogP contribution is 2.50. The maximum Gasteiger partial charge on any atom is 0.330 e. The lowest BCUT2D eigenvalue weighted by molar-refractivity contribution is -0.389. The number of hydrogen-bond acceptors (Lipinski definition) is 9. The molecular formula is C34H38N2O9. The normalized spacial score (nSPS) is 20.4. The quantitative estimate of drug-likeness (QED) is 0.124. The number of aromatic amines is 1. The van der Waals surface area contributed by atoms with E-state index in [9.17, 15) is 14.7 Å². The van der Waals surface area contributed by atoms with Gasteiger partial charge in [-0.3, -0.25) is 14.3 Å². The third-order valence-electron chi connectivity index (χ3n) is 8.09. The summed E-state index contributed by atoms with van der Waals surface area (Å²) in [7, 11) is 4.52. The summed E-state index contributed by atoms with van der Waals surface area (Å²) >= 11 is 0. The van der Waals surface area contributed by atoms with E-state index in [1.165, 1.54) is 38.2 Å². The number of aromatic nitrogens is 2. The molecular weight excluding hydrogens is 580 g/mol. The van der Waals surface area contributed by atoms with E-state index in [1.807, 2.05) is 91.0 Å². The van der Waals surface area contributed by atoms with Crippen molar-refractivity contribution in [3.05, 3.63) is 141 Å². The Balaban J connectivity index is 1.58. The summed E-state index contributed by atoms with van der Waals surface area (Å²) in [5.41, 5.74) is 0.0526. The Morgan fingerprint density at radius 1 is 0.800 bits per heavy atom. The Labute approximate surface area is 260 Å². The van der Waals surface area contributed by atoms with Crippen molar-refractivity contribution in [1.82, 2.24) is 9.55 Å². The van der Waals surface area contributed by atoms with Gasteiger partial charge < -0.3 is 33.5 Å². The molecule has 0 aliphatic carbocycles. The van der Waals surface area contributed by atoms with Crippen LogP contribution < -0.4 is 11.2 Å². The van der Waals surface area contributed by atoms with Gasteiger partial charge in [0.1, 0.15) is 23.7 Å². The van der Waals surface area contributed by atoms with Gasteiger partial charge in [-0.1, -0.05) is 91.0 Å². The van der Waals surface area contributed by atoms with Crippen LogP contribution in [0.1, 0.15) is 22.9 Å². The molecule has 238 valence electrons. The highest BCUT2D eigenvalue weighted by molar-refractivity contribution is 5.52. The van der Waals surface area contributed by atoms with Crippen molar-refractivity contribution in [1.29, 1.82) is 0 Å². The Morgan fingerprint density at radius 3 is 1.80 bits per heavy atom. The van der Waals surface area contributed by atoms with Gasteiger partial charge in [0, 0.05) is 33.6 Å². The zero-order chi connectivity index (χ0) is 31.9. The number of rotatable bonds is 14. The van der Waals surface area contributed by atoms with Crippen LogP contribution in [0.15, 0.2) is 113 Å². The molecule has 11 nitrogen and oxygen atoms in total. The molecule has 1 fully saturated rings. The van der Waals surface area contributed by atoms with Crippen LogP contribution >= 0.6 is 0 Å². The maximum absolute atomic E-state index is 12.7. The highest BCUT2D eigenvalue weighted by Gasteiger charge is 2.59. The number of methoxy groups -OCH3 is 3. The molecule has 1 aliphatic heterocycles. The van der Waals surface area contributed by atoms with E-state index < -0.39 is 47.2 Å². The molecule has 0 bridgehead atoms. The van der Waals surface area contributed by atoms with Crippen molar-refractivity contribution in [2.45, 2.75) is 35.9 Å². The van der Waals surface area contributed by atoms with E-state index in [4.69, 9.17) is 28.4 Å². The molecule has 0 radical (unpaired) electrons. The molecule has 2 heterocycles. The second-order valence-electron chi connectivity index (χ2n) is 10.5. The average Bonchev–Trinajstić information content (AvgIpc) is 3.38. The molecule has 0 saturated carbocycles. The third-order valence-corrected chi connectivity index (χ3v) is 8.09. The third kappa shape index (κ3) is 6.16.